The van der Waals surface area contributed by atoms with Crippen molar-refractivity contribution >= 4 is 11.3 Å². The Hall–Kier alpha value is -1.26. The van der Waals surface area contributed by atoms with Gasteiger partial charge in [0.15, 0.2) is 0 Å². The van der Waals surface area contributed by atoms with Crippen LogP contribution in [0.1, 0.15) is 11.4 Å². The van der Waals surface area contributed by atoms with E-state index in [4.69, 9.17) is 5.11 Å². The molecule has 0 aliphatic heterocycles. The van der Waals surface area contributed by atoms with Gasteiger partial charge in [-0.05, 0) is 19.1 Å². The summed E-state index contributed by atoms with van der Waals surface area (Å²) < 4.78 is 0. The van der Waals surface area contributed by atoms with E-state index < -0.39 is 0 Å². The Morgan fingerprint density at radius 3 is 2.86 bits per heavy atom. The maximum Gasteiger partial charge on any atom is 0.142 e. The fourth-order valence-electron chi connectivity index (χ4n) is 1.16. The highest BCUT2D eigenvalue weighted by Gasteiger charge is 2.04. The van der Waals surface area contributed by atoms with Crippen LogP contribution in [0.5, 0.6) is 0 Å². The third-order valence-electron chi connectivity index (χ3n) is 1.82. The molecule has 2 aromatic rings. The molecule has 0 amide bonds. The summed E-state index contributed by atoms with van der Waals surface area (Å²) in [6.07, 6.45) is 0. The first-order valence-corrected chi connectivity index (χ1v) is 5.17. The summed E-state index contributed by atoms with van der Waals surface area (Å²) in [5.74, 6) is 0. The lowest BCUT2D eigenvalue weighted by Crippen LogP contribution is -1.86. The molecule has 3 nitrogen and oxygen atoms in total. The lowest BCUT2D eigenvalue weighted by atomic mass is 10.3. The number of aliphatic hydroxyl groups is 1. The number of hydrogen-bond donors (Lipinski definition) is 1. The maximum absolute atomic E-state index is 8.88. The Morgan fingerprint density at radius 1 is 1.36 bits per heavy atom. The molecular weight excluding hydrogens is 196 g/mol. The molecule has 1 N–H and O–H groups in total. The van der Waals surface area contributed by atoms with Crippen LogP contribution in [0.2, 0.25) is 0 Å². The van der Waals surface area contributed by atoms with Crippen LogP contribution in [-0.4, -0.2) is 15.1 Å². The monoisotopic (exact) mass is 206 g/mol. The summed E-state index contributed by atoms with van der Waals surface area (Å²) in [5.41, 5.74) is 2.55. The summed E-state index contributed by atoms with van der Waals surface area (Å²) >= 11 is 1.50. The van der Waals surface area contributed by atoms with Crippen molar-refractivity contribution in [1.82, 2.24) is 9.97 Å². The Balaban J connectivity index is 2.39. The summed E-state index contributed by atoms with van der Waals surface area (Å²) in [4.78, 5) is 8.60. The Bertz CT molecular complexity index is 439. The smallest absolute Gasteiger partial charge is 0.142 e. The molecule has 0 bridgehead atoms. The van der Waals surface area contributed by atoms with Gasteiger partial charge in [0.25, 0.3) is 0 Å². The van der Waals surface area contributed by atoms with E-state index in [-0.39, 0.29) is 6.61 Å². The second kappa shape index (κ2) is 3.86. The molecule has 0 atom stereocenters. The molecule has 0 saturated carbocycles. The molecule has 0 fully saturated rings. The number of aromatic nitrogens is 2. The van der Waals surface area contributed by atoms with Crippen molar-refractivity contribution in [3.8, 4) is 10.7 Å². The Labute approximate surface area is 86.1 Å². The Morgan fingerprint density at radius 2 is 2.21 bits per heavy atom. The van der Waals surface area contributed by atoms with Crippen LogP contribution in [0.15, 0.2) is 23.6 Å². The third kappa shape index (κ3) is 1.81. The fourth-order valence-corrected chi connectivity index (χ4v) is 1.94. The average molecular weight is 206 g/mol. The van der Waals surface area contributed by atoms with Gasteiger partial charge in [-0.2, -0.15) is 0 Å². The highest BCUT2D eigenvalue weighted by Crippen LogP contribution is 2.21. The lowest BCUT2D eigenvalue weighted by molar-refractivity contribution is 0.278. The van der Waals surface area contributed by atoms with Gasteiger partial charge in [-0.3, -0.25) is 4.98 Å². The molecule has 0 saturated heterocycles. The van der Waals surface area contributed by atoms with Crippen molar-refractivity contribution in [2.45, 2.75) is 13.5 Å². The minimum atomic E-state index is -0.0116. The van der Waals surface area contributed by atoms with Crippen LogP contribution >= 0.6 is 11.3 Å². The van der Waals surface area contributed by atoms with Gasteiger partial charge in [0.1, 0.15) is 5.01 Å². The molecule has 0 radical (unpaired) electrons. The van der Waals surface area contributed by atoms with E-state index in [1.165, 1.54) is 11.3 Å². The van der Waals surface area contributed by atoms with Crippen LogP contribution in [0.4, 0.5) is 0 Å². The lowest BCUT2D eigenvalue weighted by Gasteiger charge is -1.96. The Kier molecular flexibility index (Phi) is 2.56. The van der Waals surface area contributed by atoms with Crippen LogP contribution < -0.4 is 0 Å². The number of nitrogens with zero attached hydrogens (tertiary/aromatic N) is 2. The molecule has 0 spiro atoms. The molecule has 4 heteroatoms. The highest BCUT2D eigenvalue weighted by atomic mass is 32.1. The molecule has 2 aromatic heterocycles. The second-order valence-corrected chi connectivity index (χ2v) is 3.82. The normalized spacial score (nSPS) is 10.4. The fraction of sp³-hybridized carbons (Fsp3) is 0.200. The van der Waals surface area contributed by atoms with Crippen molar-refractivity contribution in [1.29, 1.82) is 0 Å². The van der Waals surface area contributed by atoms with Crippen LogP contribution in [0.3, 0.4) is 0 Å². The van der Waals surface area contributed by atoms with Crippen molar-refractivity contribution in [2.75, 3.05) is 0 Å². The minimum Gasteiger partial charge on any atom is -0.390 e. The summed E-state index contributed by atoms with van der Waals surface area (Å²) in [6, 6.07) is 5.83. The SMILES string of the molecule is Cc1cccc(-c2nc(CO)cs2)n1. The molecule has 14 heavy (non-hydrogen) atoms. The first-order valence-electron chi connectivity index (χ1n) is 4.29. The molecule has 0 aromatic carbocycles. The van der Waals surface area contributed by atoms with Gasteiger partial charge in [0, 0.05) is 11.1 Å². The summed E-state index contributed by atoms with van der Waals surface area (Å²) in [5, 5.41) is 11.6. The largest absolute Gasteiger partial charge is 0.390 e. The van der Waals surface area contributed by atoms with Gasteiger partial charge in [0.2, 0.25) is 0 Å². The van der Waals surface area contributed by atoms with E-state index in [9.17, 15) is 0 Å². The van der Waals surface area contributed by atoms with E-state index >= 15 is 0 Å². The van der Waals surface area contributed by atoms with E-state index in [0.717, 1.165) is 16.4 Å². The number of thiazole rings is 1. The predicted molar refractivity (Wildman–Crippen MR) is 56.0 cm³/mol. The van der Waals surface area contributed by atoms with Gasteiger partial charge < -0.3 is 5.11 Å². The zero-order chi connectivity index (χ0) is 9.97. The van der Waals surface area contributed by atoms with E-state index in [1.54, 1.807) is 0 Å². The number of rotatable bonds is 2. The molecule has 0 aliphatic carbocycles. The summed E-state index contributed by atoms with van der Waals surface area (Å²) in [6.45, 7) is 1.94. The maximum atomic E-state index is 8.88. The van der Waals surface area contributed by atoms with Crippen molar-refractivity contribution in [2.24, 2.45) is 0 Å². The standard InChI is InChI=1S/C10H10N2OS/c1-7-3-2-4-9(11-7)10-12-8(5-13)6-14-10/h2-4,6,13H,5H2,1H3. The highest BCUT2D eigenvalue weighted by molar-refractivity contribution is 7.13. The van der Waals surface area contributed by atoms with Crippen molar-refractivity contribution in [3.63, 3.8) is 0 Å². The predicted octanol–water partition coefficient (Wildman–Crippen LogP) is 2.01. The zero-order valence-corrected chi connectivity index (χ0v) is 8.58. The quantitative estimate of drug-likeness (QED) is 0.817. The third-order valence-corrected chi connectivity index (χ3v) is 2.73. The van der Waals surface area contributed by atoms with Gasteiger partial charge in [-0.25, -0.2) is 4.98 Å². The topological polar surface area (TPSA) is 46.0 Å². The first-order chi connectivity index (χ1) is 6.79. The number of hydrogen-bond acceptors (Lipinski definition) is 4. The number of pyridine rings is 1. The molecule has 0 aliphatic rings. The summed E-state index contributed by atoms with van der Waals surface area (Å²) in [7, 11) is 0. The number of aliphatic hydroxyl groups excluding tert-OH is 1. The van der Waals surface area contributed by atoms with Crippen LogP contribution in [0.25, 0.3) is 10.7 Å². The second-order valence-electron chi connectivity index (χ2n) is 2.97. The van der Waals surface area contributed by atoms with Crippen LogP contribution in [0, 0.1) is 6.92 Å². The van der Waals surface area contributed by atoms with Crippen LogP contribution in [-0.2, 0) is 6.61 Å². The average Bonchev–Trinajstić information content (AvgIpc) is 2.66. The molecule has 72 valence electrons. The van der Waals surface area contributed by atoms with Gasteiger partial charge in [-0.1, -0.05) is 6.07 Å². The van der Waals surface area contributed by atoms with Gasteiger partial charge in [0.05, 0.1) is 18.0 Å². The zero-order valence-electron chi connectivity index (χ0n) is 7.77. The van der Waals surface area contributed by atoms with Gasteiger partial charge in [-0.15, -0.1) is 11.3 Å². The molecular formula is C10H10N2OS. The minimum absolute atomic E-state index is 0.0116. The molecule has 2 rings (SSSR count). The van der Waals surface area contributed by atoms with Crippen molar-refractivity contribution in [3.05, 3.63) is 35.0 Å². The van der Waals surface area contributed by atoms with E-state index in [1.807, 2.05) is 30.5 Å². The van der Waals surface area contributed by atoms with Crippen molar-refractivity contribution < 1.29 is 5.11 Å². The van der Waals surface area contributed by atoms with Gasteiger partial charge >= 0.3 is 0 Å². The number of aryl methyl sites for hydroxylation is 1. The van der Waals surface area contributed by atoms with E-state index in [0.29, 0.717) is 5.69 Å². The van der Waals surface area contributed by atoms with E-state index in [2.05, 4.69) is 9.97 Å². The molecule has 0 unspecified atom stereocenters. The first kappa shape index (κ1) is 9.30. The molecule has 2 heterocycles.